The zero-order valence-corrected chi connectivity index (χ0v) is 14.2. The van der Waals surface area contributed by atoms with Gasteiger partial charge in [-0.15, -0.1) is 0 Å². The number of fused-ring (bicyclic) bond motifs is 1. The fourth-order valence-corrected chi connectivity index (χ4v) is 3.62. The minimum Gasteiger partial charge on any atom is -0.349 e. The second kappa shape index (κ2) is 6.63. The monoisotopic (exact) mass is 349 g/mol. The molecule has 0 aromatic heterocycles. The second-order valence-electron chi connectivity index (χ2n) is 6.62. The molecule has 1 saturated heterocycles. The van der Waals surface area contributed by atoms with E-state index >= 15 is 0 Å². The number of carbonyl (C=O) groups excluding carboxylic acids is 3. The molecule has 26 heavy (non-hydrogen) atoms. The first kappa shape index (κ1) is 16.3. The van der Waals surface area contributed by atoms with Crippen molar-refractivity contribution in [3.8, 4) is 0 Å². The number of carbonyl (C=O) groups is 3. The first-order chi connectivity index (χ1) is 12.6. The van der Waals surface area contributed by atoms with Gasteiger partial charge in [0.2, 0.25) is 5.91 Å². The van der Waals surface area contributed by atoms with Crippen molar-refractivity contribution in [1.82, 2.24) is 10.6 Å². The molecule has 6 heteroatoms. The molecule has 0 bridgehead atoms. The molecule has 1 aliphatic carbocycles. The highest BCUT2D eigenvalue weighted by Gasteiger charge is 2.29. The zero-order chi connectivity index (χ0) is 18.1. The Balaban J connectivity index is 1.52. The van der Waals surface area contributed by atoms with Crippen LogP contribution in [0.5, 0.6) is 0 Å². The molecule has 4 rings (SSSR count). The van der Waals surface area contributed by atoms with Crippen molar-refractivity contribution in [2.24, 2.45) is 0 Å². The minimum atomic E-state index is -0.491. The molecule has 0 radical (unpaired) electrons. The van der Waals surface area contributed by atoms with Gasteiger partial charge >= 0.3 is 6.03 Å². The van der Waals surface area contributed by atoms with Gasteiger partial charge in [0.15, 0.2) is 0 Å². The normalized spacial score (nSPS) is 17.0. The maximum atomic E-state index is 12.8. The molecule has 2 aromatic rings. The number of nitrogens with one attached hydrogen (secondary N) is 2. The number of hydrogen-bond acceptors (Lipinski definition) is 3. The van der Waals surface area contributed by atoms with Crippen molar-refractivity contribution in [2.45, 2.75) is 25.3 Å². The van der Waals surface area contributed by atoms with E-state index in [-0.39, 0.29) is 30.8 Å². The fraction of sp³-hybridized carbons (Fsp3) is 0.250. The fourth-order valence-electron chi connectivity index (χ4n) is 3.62. The lowest BCUT2D eigenvalue weighted by atomic mass is 10.1. The van der Waals surface area contributed by atoms with E-state index in [4.69, 9.17) is 0 Å². The maximum absolute atomic E-state index is 12.8. The number of benzene rings is 2. The van der Waals surface area contributed by atoms with Crippen LogP contribution in [-0.2, 0) is 17.6 Å². The van der Waals surface area contributed by atoms with Gasteiger partial charge in [0.05, 0.1) is 11.3 Å². The Hall–Kier alpha value is -3.15. The molecule has 0 unspecified atom stereocenters. The van der Waals surface area contributed by atoms with Gasteiger partial charge in [0.1, 0.15) is 0 Å². The van der Waals surface area contributed by atoms with Crippen LogP contribution in [-0.4, -0.2) is 30.4 Å². The van der Waals surface area contributed by atoms with Gasteiger partial charge in [0.25, 0.3) is 5.91 Å². The average molecular weight is 349 g/mol. The van der Waals surface area contributed by atoms with Crippen LogP contribution >= 0.6 is 0 Å². The van der Waals surface area contributed by atoms with Crippen molar-refractivity contribution in [1.29, 1.82) is 0 Å². The summed E-state index contributed by atoms with van der Waals surface area (Å²) in [6, 6.07) is 14.7. The van der Waals surface area contributed by atoms with E-state index in [0.29, 0.717) is 11.3 Å². The van der Waals surface area contributed by atoms with Gasteiger partial charge in [-0.1, -0.05) is 36.4 Å². The smallest absolute Gasteiger partial charge is 0.328 e. The largest absolute Gasteiger partial charge is 0.349 e. The molecule has 2 N–H and O–H groups in total. The van der Waals surface area contributed by atoms with Crippen LogP contribution in [0, 0.1) is 0 Å². The van der Waals surface area contributed by atoms with E-state index in [0.717, 1.165) is 12.8 Å². The van der Waals surface area contributed by atoms with Crippen LogP contribution in [0.3, 0.4) is 0 Å². The number of para-hydroxylation sites is 1. The summed E-state index contributed by atoms with van der Waals surface area (Å²) in [6.45, 7) is 0.268. The maximum Gasteiger partial charge on any atom is 0.328 e. The summed E-state index contributed by atoms with van der Waals surface area (Å²) in [6.07, 6.45) is 1.84. The lowest BCUT2D eigenvalue weighted by Gasteiger charge is -2.28. The van der Waals surface area contributed by atoms with Crippen LogP contribution < -0.4 is 15.5 Å². The minimum absolute atomic E-state index is 0.0460. The topological polar surface area (TPSA) is 78.5 Å². The number of amides is 4. The summed E-state index contributed by atoms with van der Waals surface area (Å²) in [7, 11) is 0. The van der Waals surface area contributed by atoms with Crippen molar-refractivity contribution in [3.63, 3.8) is 0 Å². The molecular weight excluding hydrogens is 330 g/mol. The third-order valence-corrected chi connectivity index (χ3v) is 4.88. The van der Waals surface area contributed by atoms with E-state index in [1.165, 1.54) is 16.0 Å². The molecule has 6 nitrogen and oxygen atoms in total. The van der Waals surface area contributed by atoms with Gasteiger partial charge in [-0.25, -0.2) is 4.79 Å². The van der Waals surface area contributed by atoms with Crippen molar-refractivity contribution >= 4 is 23.5 Å². The third-order valence-electron chi connectivity index (χ3n) is 4.88. The number of hydrogen-bond donors (Lipinski definition) is 2. The molecule has 1 heterocycles. The van der Waals surface area contributed by atoms with E-state index in [1.807, 2.05) is 12.1 Å². The Morgan fingerprint density at radius 2 is 1.65 bits per heavy atom. The predicted octanol–water partition coefficient (Wildman–Crippen LogP) is 2.03. The summed E-state index contributed by atoms with van der Waals surface area (Å²) < 4.78 is 0. The van der Waals surface area contributed by atoms with E-state index in [9.17, 15) is 14.4 Å². The van der Waals surface area contributed by atoms with Crippen molar-refractivity contribution in [2.75, 3.05) is 11.4 Å². The molecular formula is C20H19N3O3. The second-order valence-corrected chi connectivity index (χ2v) is 6.62. The molecule has 132 valence electrons. The van der Waals surface area contributed by atoms with Crippen LogP contribution in [0.1, 0.15) is 27.9 Å². The highest BCUT2D eigenvalue weighted by atomic mass is 16.2. The van der Waals surface area contributed by atoms with E-state index in [1.54, 1.807) is 24.3 Å². The van der Waals surface area contributed by atoms with Crippen molar-refractivity contribution < 1.29 is 14.4 Å². The number of nitrogens with zero attached hydrogens (tertiary/aromatic N) is 1. The number of anilines is 1. The molecule has 0 atom stereocenters. The highest BCUT2D eigenvalue weighted by molar-refractivity contribution is 6.09. The molecule has 0 saturated carbocycles. The predicted molar refractivity (Wildman–Crippen MR) is 97.0 cm³/mol. The third kappa shape index (κ3) is 3.06. The quantitative estimate of drug-likeness (QED) is 0.890. The van der Waals surface area contributed by atoms with E-state index < -0.39 is 6.03 Å². The summed E-state index contributed by atoms with van der Waals surface area (Å²) >= 11 is 0. The number of urea groups is 1. The van der Waals surface area contributed by atoms with Gasteiger partial charge < -0.3 is 5.32 Å². The van der Waals surface area contributed by atoms with E-state index in [2.05, 4.69) is 22.8 Å². The van der Waals surface area contributed by atoms with Gasteiger partial charge in [-0.3, -0.25) is 19.8 Å². The molecule has 0 spiro atoms. The first-order valence-electron chi connectivity index (χ1n) is 8.70. The molecule has 2 aliphatic rings. The molecule has 1 aliphatic heterocycles. The van der Waals surface area contributed by atoms with Crippen LogP contribution in [0.4, 0.5) is 10.5 Å². The Bertz CT molecular complexity index is 868. The summed E-state index contributed by atoms with van der Waals surface area (Å²) in [5.41, 5.74) is 3.48. The lowest BCUT2D eigenvalue weighted by molar-refractivity contribution is -0.120. The summed E-state index contributed by atoms with van der Waals surface area (Å²) in [5, 5.41) is 5.38. The number of rotatable bonds is 3. The molecule has 4 amide bonds. The first-order valence-corrected chi connectivity index (χ1v) is 8.70. The van der Waals surface area contributed by atoms with Crippen LogP contribution in [0.2, 0.25) is 0 Å². The standard InChI is InChI=1S/C20H19N3O3/c24-18-9-10-23(20(26)22-18)17-8-4-3-7-16(17)19(25)21-15-11-13-5-1-2-6-14(13)12-15/h1-8,15H,9-12H2,(H,21,25)(H,22,24,26). The summed E-state index contributed by atoms with van der Waals surface area (Å²) in [5.74, 6) is -0.500. The Morgan fingerprint density at radius 1 is 1.00 bits per heavy atom. The van der Waals surface area contributed by atoms with Crippen LogP contribution in [0.25, 0.3) is 0 Å². The Morgan fingerprint density at radius 3 is 2.35 bits per heavy atom. The zero-order valence-electron chi connectivity index (χ0n) is 14.2. The molecule has 2 aromatic carbocycles. The van der Waals surface area contributed by atoms with Gasteiger partial charge in [0, 0.05) is 19.0 Å². The van der Waals surface area contributed by atoms with Gasteiger partial charge in [-0.05, 0) is 36.1 Å². The average Bonchev–Trinajstić information content (AvgIpc) is 3.04. The SMILES string of the molecule is O=C1CCN(c2ccccc2C(=O)NC2Cc3ccccc3C2)C(=O)N1. The van der Waals surface area contributed by atoms with Crippen LogP contribution in [0.15, 0.2) is 48.5 Å². The lowest BCUT2D eigenvalue weighted by Crippen LogP contribution is -2.50. The van der Waals surface area contributed by atoms with Crippen molar-refractivity contribution in [3.05, 3.63) is 65.2 Å². The van der Waals surface area contributed by atoms with Gasteiger partial charge in [-0.2, -0.15) is 0 Å². The molecule has 1 fully saturated rings. The Kier molecular flexibility index (Phi) is 4.16. The summed E-state index contributed by atoms with van der Waals surface area (Å²) in [4.78, 5) is 37.8. The number of imide groups is 1. The Labute approximate surface area is 151 Å². The highest BCUT2D eigenvalue weighted by Crippen LogP contribution is 2.25.